The minimum Gasteiger partial charge on any atom is -0.340 e. The molecule has 150 valence electrons. The normalized spacial score (nSPS) is 14.9. The Bertz CT molecular complexity index is 952. The largest absolute Gasteiger partial charge is 0.340 e. The summed E-state index contributed by atoms with van der Waals surface area (Å²) in [6.45, 7) is 3.23. The van der Waals surface area contributed by atoms with Gasteiger partial charge in [-0.15, -0.1) is 0 Å². The second kappa shape index (κ2) is 8.96. The SMILES string of the molecule is O=C(Cc1ccccc1F)N1CCN(Cc2nc(Cc3ccccc3)no2)CC1. The first kappa shape index (κ1) is 19.3. The van der Waals surface area contributed by atoms with Gasteiger partial charge in [0.15, 0.2) is 5.82 Å². The standard InChI is InChI=1S/C22H23FN4O2/c23-19-9-5-4-8-18(19)15-22(28)27-12-10-26(11-13-27)16-21-24-20(25-29-21)14-17-6-2-1-3-7-17/h1-9H,10-16H2. The molecule has 29 heavy (non-hydrogen) atoms. The summed E-state index contributed by atoms with van der Waals surface area (Å²) in [5.41, 5.74) is 1.58. The maximum Gasteiger partial charge on any atom is 0.240 e. The number of benzene rings is 2. The second-order valence-electron chi connectivity index (χ2n) is 7.19. The highest BCUT2D eigenvalue weighted by molar-refractivity contribution is 5.79. The van der Waals surface area contributed by atoms with E-state index in [0.29, 0.717) is 43.3 Å². The van der Waals surface area contributed by atoms with Crippen molar-refractivity contribution in [1.29, 1.82) is 0 Å². The van der Waals surface area contributed by atoms with Gasteiger partial charge in [0.2, 0.25) is 11.8 Å². The molecule has 1 aromatic heterocycles. The average Bonchev–Trinajstić information content (AvgIpc) is 3.17. The van der Waals surface area contributed by atoms with Crippen LogP contribution in [0.25, 0.3) is 0 Å². The van der Waals surface area contributed by atoms with Crippen molar-refractivity contribution in [1.82, 2.24) is 19.9 Å². The zero-order valence-electron chi connectivity index (χ0n) is 16.1. The van der Waals surface area contributed by atoms with Gasteiger partial charge in [-0.1, -0.05) is 53.7 Å². The highest BCUT2D eigenvalue weighted by Gasteiger charge is 2.23. The van der Waals surface area contributed by atoms with Crippen LogP contribution in [-0.4, -0.2) is 52.0 Å². The lowest BCUT2D eigenvalue weighted by molar-refractivity contribution is -0.132. The molecule has 1 aliphatic rings. The van der Waals surface area contributed by atoms with Crippen molar-refractivity contribution in [2.24, 2.45) is 0 Å². The Morgan fingerprint density at radius 3 is 2.48 bits per heavy atom. The van der Waals surface area contributed by atoms with Crippen molar-refractivity contribution in [3.63, 3.8) is 0 Å². The van der Waals surface area contributed by atoms with Gasteiger partial charge in [-0.05, 0) is 17.2 Å². The molecule has 4 rings (SSSR count). The Morgan fingerprint density at radius 1 is 1.00 bits per heavy atom. The number of hydrogen-bond donors (Lipinski definition) is 0. The molecule has 2 heterocycles. The van der Waals surface area contributed by atoms with Crippen LogP contribution in [0.2, 0.25) is 0 Å². The number of amides is 1. The molecule has 0 bridgehead atoms. The molecule has 0 atom stereocenters. The van der Waals surface area contributed by atoms with Crippen LogP contribution >= 0.6 is 0 Å². The third-order valence-corrected chi connectivity index (χ3v) is 5.10. The van der Waals surface area contributed by atoms with Crippen molar-refractivity contribution in [3.05, 3.63) is 83.3 Å². The molecular formula is C22H23FN4O2. The van der Waals surface area contributed by atoms with E-state index in [9.17, 15) is 9.18 Å². The summed E-state index contributed by atoms with van der Waals surface area (Å²) in [7, 11) is 0. The average molecular weight is 394 g/mol. The van der Waals surface area contributed by atoms with E-state index in [1.54, 1.807) is 23.1 Å². The topological polar surface area (TPSA) is 62.5 Å². The minimum absolute atomic E-state index is 0.0438. The maximum atomic E-state index is 13.8. The predicted octanol–water partition coefficient (Wildman–Crippen LogP) is 2.69. The summed E-state index contributed by atoms with van der Waals surface area (Å²) >= 11 is 0. The molecule has 2 aromatic carbocycles. The Labute approximate surface area is 168 Å². The highest BCUT2D eigenvalue weighted by atomic mass is 19.1. The van der Waals surface area contributed by atoms with Gasteiger partial charge in [-0.25, -0.2) is 4.39 Å². The van der Waals surface area contributed by atoms with Crippen LogP contribution in [0.5, 0.6) is 0 Å². The molecule has 3 aromatic rings. The molecule has 7 heteroatoms. The van der Waals surface area contributed by atoms with E-state index >= 15 is 0 Å². The smallest absolute Gasteiger partial charge is 0.240 e. The quantitative estimate of drug-likeness (QED) is 0.643. The van der Waals surface area contributed by atoms with E-state index in [2.05, 4.69) is 15.0 Å². The van der Waals surface area contributed by atoms with Crippen LogP contribution in [0, 0.1) is 5.82 Å². The minimum atomic E-state index is -0.331. The number of hydrogen-bond acceptors (Lipinski definition) is 5. The summed E-state index contributed by atoms with van der Waals surface area (Å²) < 4.78 is 19.1. The van der Waals surface area contributed by atoms with E-state index in [1.807, 2.05) is 30.3 Å². The number of rotatable bonds is 6. The van der Waals surface area contributed by atoms with Gasteiger partial charge in [-0.3, -0.25) is 9.69 Å². The molecule has 0 N–H and O–H groups in total. The first-order valence-electron chi connectivity index (χ1n) is 9.76. The zero-order chi connectivity index (χ0) is 20.1. The fourth-order valence-corrected chi connectivity index (χ4v) is 3.47. The number of nitrogens with zero attached hydrogens (tertiary/aromatic N) is 4. The molecule has 1 fully saturated rings. The first-order valence-corrected chi connectivity index (χ1v) is 9.76. The Balaban J connectivity index is 1.26. The monoisotopic (exact) mass is 394 g/mol. The van der Waals surface area contributed by atoms with E-state index in [-0.39, 0.29) is 18.1 Å². The van der Waals surface area contributed by atoms with Gasteiger partial charge in [-0.2, -0.15) is 4.98 Å². The van der Waals surface area contributed by atoms with Gasteiger partial charge < -0.3 is 9.42 Å². The van der Waals surface area contributed by atoms with E-state index in [0.717, 1.165) is 18.7 Å². The van der Waals surface area contributed by atoms with E-state index < -0.39 is 0 Å². The summed E-state index contributed by atoms with van der Waals surface area (Å²) in [6.07, 6.45) is 0.738. The lowest BCUT2D eigenvalue weighted by Gasteiger charge is -2.34. The van der Waals surface area contributed by atoms with Crippen LogP contribution < -0.4 is 0 Å². The molecule has 1 aliphatic heterocycles. The Kier molecular flexibility index (Phi) is 5.95. The van der Waals surface area contributed by atoms with Crippen molar-refractivity contribution in [3.8, 4) is 0 Å². The molecule has 0 saturated carbocycles. The summed E-state index contributed by atoms with van der Waals surface area (Å²) in [5, 5.41) is 4.06. The Hall–Kier alpha value is -3.06. The van der Waals surface area contributed by atoms with E-state index in [1.165, 1.54) is 6.07 Å². The number of halogens is 1. The van der Waals surface area contributed by atoms with Gasteiger partial charge in [0.05, 0.1) is 13.0 Å². The molecular weight excluding hydrogens is 371 g/mol. The third-order valence-electron chi connectivity index (χ3n) is 5.10. The van der Waals surface area contributed by atoms with E-state index in [4.69, 9.17) is 4.52 Å². The van der Waals surface area contributed by atoms with Crippen LogP contribution in [0.4, 0.5) is 4.39 Å². The number of aromatic nitrogens is 2. The Morgan fingerprint density at radius 2 is 1.72 bits per heavy atom. The van der Waals surface area contributed by atoms with Crippen molar-refractivity contribution in [2.75, 3.05) is 26.2 Å². The van der Waals surface area contributed by atoms with Gasteiger partial charge in [0.1, 0.15) is 5.82 Å². The zero-order valence-corrected chi connectivity index (χ0v) is 16.1. The van der Waals surface area contributed by atoms with Gasteiger partial charge in [0, 0.05) is 32.6 Å². The molecule has 6 nitrogen and oxygen atoms in total. The number of carbonyl (C=O) groups is 1. The lowest BCUT2D eigenvalue weighted by atomic mass is 10.1. The highest BCUT2D eigenvalue weighted by Crippen LogP contribution is 2.13. The van der Waals surface area contributed by atoms with Gasteiger partial charge >= 0.3 is 0 Å². The lowest BCUT2D eigenvalue weighted by Crippen LogP contribution is -2.48. The maximum absolute atomic E-state index is 13.8. The number of carbonyl (C=O) groups excluding carboxylic acids is 1. The molecule has 0 unspecified atom stereocenters. The first-order chi connectivity index (χ1) is 14.2. The van der Waals surface area contributed by atoms with Crippen molar-refractivity contribution >= 4 is 5.91 Å². The van der Waals surface area contributed by atoms with Crippen LogP contribution in [0.15, 0.2) is 59.1 Å². The molecule has 1 amide bonds. The fourth-order valence-electron chi connectivity index (χ4n) is 3.47. The third kappa shape index (κ3) is 5.06. The van der Waals surface area contributed by atoms with Crippen LogP contribution in [0.1, 0.15) is 22.8 Å². The second-order valence-corrected chi connectivity index (χ2v) is 7.19. The van der Waals surface area contributed by atoms with Crippen LogP contribution in [-0.2, 0) is 24.2 Å². The molecule has 1 saturated heterocycles. The molecule has 0 spiro atoms. The summed E-state index contributed by atoms with van der Waals surface area (Å²) in [6, 6.07) is 16.5. The number of piperazine rings is 1. The van der Waals surface area contributed by atoms with Gasteiger partial charge in [0.25, 0.3) is 0 Å². The predicted molar refractivity (Wildman–Crippen MR) is 106 cm³/mol. The van der Waals surface area contributed by atoms with Crippen LogP contribution in [0.3, 0.4) is 0 Å². The summed E-state index contributed by atoms with van der Waals surface area (Å²) in [5.74, 6) is 0.881. The molecule has 0 radical (unpaired) electrons. The molecule has 0 aliphatic carbocycles. The summed E-state index contributed by atoms with van der Waals surface area (Å²) in [4.78, 5) is 20.9. The van der Waals surface area contributed by atoms with Crippen molar-refractivity contribution in [2.45, 2.75) is 19.4 Å². The fraction of sp³-hybridized carbons (Fsp3) is 0.318. The van der Waals surface area contributed by atoms with Crippen molar-refractivity contribution < 1.29 is 13.7 Å².